The molecule has 2 heterocycles. The molecule has 1 aromatic rings. The lowest BCUT2D eigenvalue weighted by atomic mass is 9.72. The van der Waals surface area contributed by atoms with Gasteiger partial charge in [-0.15, -0.1) is 0 Å². The molecule has 1 N–H and O–H groups in total. The molecule has 1 aromatic heterocycles. The van der Waals surface area contributed by atoms with Crippen LogP contribution in [-0.4, -0.2) is 22.9 Å². The highest BCUT2D eigenvalue weighted by Gasteiger charge is 2.41. The predicted molar refractivity (Wildman–Crippen MR) is 61.8 cm³/mol. The monoisotopic (exact) mass is 207 g/mol. The molecular formula is C12H21N3. The smallest absolute Gasteiger partial charge is 0.0674 e. The van der Waals surface area contributed by atoms with Crippen molar-refractivity contribution in [1.82, 2.24) is 15.1 Å². The van der Waals surface area contributed by atoms with Crippen LogP contribution in [0.15, 0.2) is 12.3 Å². The number of hydrogen-bond acceptors (Lipinski definition) is 2. The van der Waals surface area contributed by atoms with Gasteiger partial charge >= 0.3 is 0 Å². The van der Waals surface area contributed by atoms with Crippen molar-refractivity contribution in [2.75, 3.05) is 13.1 Å². The van der Waals surface area contributed by atoms with Crippen LogP contribution in [0.25, 0.3) is 0 Å². The summed E-state index contributed by atoms with van der Waals surface area (Å²) in [4.78, 5) is 0. The molecule has 15 heavy (non-hydrogen) atoms. The summed E-state index contributed by atoms with van der Waals surface area (Å²) in [5.41, 5.74) is 1.68. The van der Waals surface area contributed by atoms with E-state index < -0.39 is 0 Å². The van der Waals surface area contributed by atoms with E-state index in [4.69, 9.17) is 0 Å². The minimum Gasteiger partial charge on any atom is -0.315 e. The third kappa shape index (κ3) is 1.69. The van der Waals surface area contributed by atoms with Gasteiger partial charge in [0.1, 0.15) is 0 Å². The number of rotatable bonds is 3. The van der Waals surface area contributed by atoms with Crippen LogP contribution in [0.3, 0.4) is 0 Å². The number of aromatic nitrogens is 2. The number of hydrogen-bond donors (Lipinski definition) is 1. The predicted octanol–water partition coefficient (Wildman–Crippen LogP) is 1.91. The van der Waals surface area contributed by atoms with Gasteiger partial charge in [0, 0.05) is 32.3 Å². The molecule has 1 saturated heterocycles. The Hall–Kier alpha value is -0.830. The van der Waals surface area contributed by atoms with Crippen molar-refractivity contribution < 1.29 is 0 Å². The standard InChI is InChI=1S/C12H21N3/c1-4-12(5-2)9-13-8-10(12)11-6-7-15(3)14-11/h6-7,10,13H,4-5,8-9H2,1-3H3/t10-/m0/s1. The number of aryl methyl sites for hydroxylation is 1. The van der Waals surface area contributed by atoms with Gasteiger partial charge in [-0.05, 0) is 24.3 Å². The molecule has 0 unspecified atom stereocenters. The molecule has 0 radical (unpaired) electrons. The molecule has 1 atom stereocenters. The lowest BCUT2D eigenvalue weighted by molar-refractivity contribution is 0.256. The van der Waals surface area contributed by atoms with Gasteiger partial charge in [0.2, 0.25) is 0 Å². The second-order valence-corrected chi connectivity index (χ2v) is 4.67. The van der Waals surface area contributed by atoms with E-state index in [0.717, 1.165) is 13.1 Å². The van der Waals surface area contributed by atoms with Crippen molar-refractivity contribution in [3.63, 3.8) is 0 Å². The van der Waals surface area contributed by atoms with Crippen molar-refractivity contribution >= 4 is 0 Å². The fourth-order valence-corrected chi connectivity index (χ4v) is 2.84. The maximum absolute atomic E-state index is 4.56. The number of nitrogens with one attached hydrogen (secondary N) is 1. The average molecular weight is 207 g/mol. The summed E-state index contributed by atoms with van der Waals surface area (Å²) in [6.45, 7) is 6.82. The first-order valence-electron chi connectivity index (χ1n) is 5.92. The summed E-state index contributed by atoms with van der Waals surface area (Å²) in [6, 6.07) is 2.16. The highest BCUT2D eigenvalue weighted by molar-refractivity contribution is 5.15. The Morgan fingerprint density at radius 3 is 2.80 bits per heavy atom. The van der Waals surface area contributed by atoms with Crippen LogP contribution in [0.5, 0.6) is 0 Å². The molecule has 0 saturated carbocycles. The quantitative estimate of drug-likeness (QED) is 0.820. The number of nitrogens with zero attached hydrogens (tertiary/aromatic N) is 2. The normalized spacial score (nSPS) is 24.6. The fraction of sp³-hybridized carbons (Fsp3) is 0.750. The van der Waals surface area contributed by atoms with E-state index in [-0.39, 0.29) is 0 Å². The van der Waals surface area contributed by atoms with E-state index in [1.165, 1.54) is 18.5 Å². The first-order valence-corrected chi connectivity index (χ1v) is 5.92. The average Bonchev–Trinajstić information content (AvgIpc) is 2.83. The zero-order valence-electron chi connectivity index (χ0n) is 9.95. The summed E-state index contributed by atoms with van der Waals surface area (Å²) in [6.07, 6.45) is 4.51. The van der Waals surface area contributed by atoms with Crippen LogP contribution in [-0.2, 0) is 7.05 Å². The van der Waals surface area contributed by atoms with Crippen molar-refractivity contribution in [3.8, 4) is 0 Å². The van der Waals surface area contributed by atoms with Gasteiger partial charge in [0.05, 0.1) is 5.69 Å². The molecule has 1 aliphatic rings. The van der Waals surface area contributed by atoms with Gasteiger partial charge in [-0.25, -0.2) is 0 Å². The Morgan fingerprint density at radius 2 is 2.27 bits per heavy atom. The third-order valence-electron chi connectivity index (χ3n) is 4.06. The Morgan fingerprint density at radius 1 is 1.53 bits per heavy atom. The van der Waals surface area contributed by atoms with Crippen LogP contribution in [0.1, 0.15) is 38.3 Å². The molecule has 1 fully saturated rings. The van der Waals surface area contributed by atoms with E-state index in [1.807, 2.05) is 17.9 Å². The Kier molecular flexibility index (Phi) is 2.83. The lowest BCUT2D eigenvalue weighted by Gasteiger charge is -2.31. The van der Waals surface area contributed by atoms with Crippen LogP contribution in [0.2, 0.25) is 0 Å². The fourth-order valence-electron chi connectivity index (χ4n) is 2.84. The van der Waals surface area contributed by atoms with E-state index in [0.29, 0.717) is 11.3 Å². The molecular weight excluding hydrogens is 186 g/mol. The molecule has 3 heteroatoms. The summed E-state index contributed by atoms with van der Waals surface area (Å²) < 4.78 is 1.91. The summed E-state index contributed by atoms with van der Waals surface area (Å²) in [5.74, 6) is 0.591. The molecule has 84 valence electrons. The Balaban J connectivity index is 2.28. The zero-order valence-corrected chi connectivity index (χ0v) is 9.95. The van der Waals surface area contributed by atoms with Gasteiger partial charge in [0.15, 0.2) is 0 Å². The third-order valence-corrected chi connectivity index (χ3v) is 4.06. The highest BCUT2D eigenvalue weighted by Crippen LogP contribution is 2.43. The molecule has 3 nitrogen and oxygen atoms in total. The molecule has 1 aliphatic heterocycles. The van der Waals surface area contributed by atoms with Crippen molar-refractivity contribution in [2.24, 2.45) is 12.5 Å². The summed E-state index contributed by atoms with van der Waals surface area (Å²) in [7, 11) is 1.99. The van der Waals surface area contributed by atoms with Gasteiger partial charge in [-0.1, -0.05) is 13.8 Å². The minimum atomic E-state index is 0.425. The Labute approximate surface area is 91.9 Å². The molecule has 0 aliphatic carbocycles. The van der Waals surface area contributed by atoms with Gasteiger partial charge in [-0.3, -0.25) is 4.68 Å². The van der Waals surface area contributed by atoms with Crippen LogP contribution >= 0.6 is 0 Å². The maximum Gasteiger partial charge on any atom is 0.0674 e. The van der Waals surface area contributed by atoms with Crippen LogP contribution in [0, 0.1) is 5.41 Å². The van der Waals surface area contributed by atoms with Crippen LogP contribution in [0.4, 0.5) is 0 Å². The zero-order chi connectivity index (χ0) is 10.9. The van der Waals surface area contributed by atoms with E-state index in [2.05, 4.69) is 30.3 Å². The summed E-state index contributed by atoms with van der Waals surface area (Å²) >= 11 is 0. The second-order valence-electron chi connectivity index (χ2n) is 4.67. The van der Waals surface area contributed by atoms with Gasteiger partial charge in [0.25, 0.3) is 0 Å². The highest BCUT2D eigenvalue weighted by atomic mass is 15.3. The minimum absolute atomic E-state index is 0.425. The molecule has 0 amide bonds. The molecule has 2 rings (SSSR count). The van der Waals surface area contributed by atoms with Crippen molar-refractivity contribution in [3.05, 3.63) is 18.0 Å². The van der Waals surface area contributed by atoms with Crippen LogP contribution < -0.4 is 5.32 Å². The summed E-state index contributed by atoms with van der Waals surface area (Å²) in [5, 5.41) is 8.08. The maximum atomic E-state index is 4.56. The van der Waals surface area contributed by atoms with Gasteiger partial charge < -0.3 is 5.32 Å². The van der Waals surface area contributed by atoms with Crippen molar-refractivity contribution in [1.29, 1.82) is 0 Å². The first-order chi connectivity index (χ1) is 7.22. The van der Waals surface area contributed by atoms with E-state index >= 15 is 0 Å². The molecule has 0 spiro atoms. The first kappa shape index (κ1) is 10.7. The topological polar surface area (TPSA) is 29.9 Å². The van der Waals surface area contributed by atoms with E-state index in [9.17, 15) is 0 Å². The molecule has 0 aromatic carbocycles. The second kappa shape index (κ2) is 3.97. The van der Waals surface area contributed by atoms with Gasteiger partial charge in [-0.2, -0.15) is 5.10 Å². The largest absolute Gasteiger partial charge is 0.315 e. The SMILES string of the molecule is CCC1(CC)CNC[C@H]1c1ccn(C)n1. The molecule has 0 bridgehead atoms. The van der Waals surface area contributed by atoms with Crippen molar-refractivity contribution in [2.45, 2.75) is 32.6 Å². The Bertz CT molecular complexity index is 325. The lowest BCUT2D eigenvalue weighted by Crippen LogP contribution is -2.27. The van der Waals surface area contributed by atoms with E-state index in [1.54, 1.807) is 0 Å².